The fourth-order valence-electron chi connectivity index (χ4n) is 3.09. The van der Waals surface area contributed by atoms with Gasteiger partial charge in [0.25, 0.3) is 5.91 Å². The molecule has 0 spiro atoms. The molecule has 0 saturated carbocycles. The lowest BCUT2D eigenvalue weighted by atomic mass is 9.99. The standard InChI is InChI=1S/C20H23FN4O2.2ClH/c1-12(2)18(25-19(26)16-5-3-4-9-23-16)20(27)24-15-7-6-13-11-22-10-8-14(13)17(15)21;;/h3-7,9,12,18,22H,8,10-11H2,1-2H3,(H,24,27)(H,25,26);2*1H. The average molecular weight is 443 g/mol. The summed E-state index contributed by atoms with van der Waals surface area (Å²) in [6.45, 7) is 4.96. The second-order valence-corrected chi connectivity index (χ2v) is 6.89. The monoisotopic (exact) mass is 442 g/mol. The van der Waals surface area contributed by atoms with Crippen molar-refractivity contribution in [1.29, 1.82) is 0 Å². The van der Waals surface area contributed by atoms with E-state index in [2.05, 4.69) is 20.9 Å². The van der Waals surface area contributed by atoms with Crippen LogP contribution in [-0.2, 0) is 17.8 Å². The van der Waals surface area contributed by atoms with Gasteiger partial charge in [-0.25, -0.2) is 4.39 Å². The molecule has 1 aromatic carbocycles. The van der Waals surface area contributed by atoms with Crippen LogP contribution in [0.1, 0.15) is 35.5 Å². The summed E-state index contributed by atoms with van der Waals surface area (Å²) in [7, 11) is 0. The summed E-state index contributed by atoms with van der Waals surface area (Å²) in [4.78, 5) is 29.0. The molecule has 0 fully saturated rings. The number of nitrogens with zero attached hydrogens (tertiary/aromatic N) is 1. The molecule has 1 aromatic heterocycles. The number of amides is 2. The van der Waals surface area contributed by atoms with E-state index in [0.29, 0.717) is 25.1 Å². The maximum absolute atomic E-state index is 14.8. The van der Waals surface area contributed by atoms with E-state index in [-0.39, 0.29) is 42.1 Å². The van der Waals surface area contributed by atoms with Crippen molar-refractivity contribution in [2.75, 3.05) is 11.9 Å². The van der Waals surface area contributed by atoms with Crippen molar-refractivity contribution >= 4 is 42.3 Å². The molecule has 0 saturated heterocycles. The number of carbonyl (C=O) groups excluding carboxylic acids is 2. The van der Waals surface area contributed by atoms with Gasteiger partial charge in [0.05, 0.1) is 5.69 Å². The molecule has 1 aliphatic rings. The van der Waals surface area contributed by atoms with Crippen LogP contribution in [0.3, 0.4) is 0 Å². The van der Waals surface area contributed by atoms with Gasteiger partial charge < -0.3 is 16.0 Å². The van der Waals surface area contributed by atoms with Crippen molar-refractivity contribution in [2.45, 2.75) is 32.9 Å². The Morgan fingerprint density at radius 3 is 2.59 bits per heavy atom. The highest BCUT2D eigenvalue weighted by Crippen LogP contribution is 2.25. The lowest BCUT2D eigenvalue weighted by Crippen LogP contribution is -2.47. The van der Waals surface area contributed by atoms with Crippen molar-refractivity contribution in [3.63, 3.8) is 0 Å². The minimum absolute atomic E-state index is 0. The SMILES string of the molecule is CC(C)C(NC(=O)c1ccccn1)C(=O)Nc1ccc2c(c1F)CCNC2.Cl.Cl. The molecule has 0 aliphatic carbocycles. The van der Waals surface area contributed by atoms with E-state index in [4.69, 9.17) is 0 Å². The predicted molar refractivity (Wildman–Crippen MR) is 115 cm³/mol. The second-order valence-electron chi connectivity index (χ2n) is 6.89. The van der Waals surface area contributed by atoms with E-state index in [1.165, 1.54) is 6.20 Å². The Labute approximate surface area is 181 Å². The molecule has 1 aliphatic heterocycles. The Balaban J connectivity index is 0.00000210. The maximum Gasteiger partial charge on any atom is 0.270 e. The van der Waals surface area contributed by atoms with Gasteiger partial charge in [-0.15, -0.1) is 24.8 Å². The number of halogens is 3. The van der Waals surface area contributed by atoms with Crippen LogP contribution in [0.4, 0.5) is 10.1 Å². The smallest absolute Gasteiger partial charge is 0.270 e. The number of hydrogen-bond acceptors (Lipinski definition) is 4. The number of fused-ring (bicyclic) bond motifs is 1. The second kappa shape index (κ2) is 11.1. The average Bonchev–Trinajstić information content (AvgIpc) is 2.68. The van der Waals surface area contributed by atoms with Crippen molar-refractivity contribution in [3.8, 4) is 0 Å². The van der Waals surface area contributed by atoms with Crippen LogP contribution >= 0.6 is 24.8 Å². The van der Waals surface area contributed by atoms with Gasteiger partial charge in [-0.3, -0.25) is 14.6 Å². The molecular weight excluding hydrogens is 418 g/mol. The van der Waals surface area contributed by atoms with Crippen molar-refractivity contribution in [2.24, 2.45) is 5.92 Å². The molecule has 2 amide bonds. The molecule has 6 nitrogen and oxygen atoms in total. The first-order valence-corrected chi connectivity index (χ1v) is 9.01. The summed E-state index contributed by atoms with van der Waals surface area (Å²) in [6.07, 6.45) is 2.09. The molecule has 1 atom stereocenters. The Kier molecular flexibility index (Phi) is 9.49. The Morgan fingerprint density at radius 2 is 1.93 bits per heavy atom. The van der Waals surface area contributed by atoms with Gasteiger partial charge in [-0.05, 0) is 48.2 Å². The first kappa shape index (κ1) is 24.8. The van der Waals surface area contributed by atoms with Gasteiger partial charge in [0, 0.05) is 12.7 Å². The fraction of sp³-hybridized carbons (Fsp3) is 0.350. The van der Waals surface area contributed by atoms with Crippen molar-refractivity contribution < 1.29 is 14.0 Å². The number of carbonyl (C=O) groups is 2. The Hall–Kier alpha value is -2.22. The van der Waals surface area contributed by atoms with Crippen LogP contribution in [0.25, 0.3) is 0 Å². The fourth-order valence-corrected chi connectivity index (χ4v) is 3.09. The third-order valence-electron chi connectivity index (χ3n) is 4.60. The summed E-state index contributed by atoms with van der Waals surface area (Å²) in [5.74, 6) is -1.48. The highest BCUT2D eigenvalue weighted by Gasteiger charge is 2.26. The van der Waals surface area contributed by atoms with Crippen LogP contribution < -0.4 is 16.0 Å². The number of benzene rings is 1. The lowest BCUT2D eigenvalue weighted by molar-refractivity contribution is -0.118. The lowest BCUT2D eigenvalue weighted by Gasteiger charge is -2.23. The molecule has 0 radical (unpaired) electrons. The van der Waals surface area contributed by atoms with Crippen LogP contribution in [-0.4, -0.2) is 29.4 Å². The van der Waals surface area contributed by atoms with Crippen LogP contribution in [0.5, 0.6) is 0 Å². The minimum Gasteiger partial charge on any atom is -0.339 e. The van der Waals surface area contributed by atoms with E-state index < -0.39 is 23.7 Å². The molecule has 3 rings (SSSR count). The highest BCUT2D eigenvalue weighted by atomic mass is 35.5. The van der Waals surface area contributed by atoms with Crippen LogP contribution in [0, 0.1) is 11.7 Å². The number of hydrogen-bond donors (Lipinski definition) is 3. The van der Waals surface area contributed by atoms with E-state index in [1.807, 2.05) is 19.9 Å². The van der Waals surface area contributed by atoms with Gasteiger partial charge in [0.2, 0.25) is 5.91 Å². The Bertz CT molecular complexity index is 850. The summed E-state index contributed by atoms with van der Waals surface area (Å²) in [6, 6.07) is 7.55. The number of nitrogens with one attached hydrogen (secondary N) is 3. The van der Waals surface area contributed by atoms with Crippen LogP contribution in [0.2, 0.25) is 0 Å². The predicted octanol–water partition coefficient (Wildman–Crippen LogP) is 3.10. The minimum atomic E-state index is -0.809. The van der Waals surface area contributed by atoms with Crippen LogP contribution in [0.15, 0.2) is 36.5 Å². The molecule has 29 heavy (non-hydrogen) atoms. The zero-order valence-corrected chi connectivity index (χ0v) is 17.8. The molecule has 0 bridgehead atoms. The van der Waals surface area contributed by atoms with Gasteiger partial charge in [0.15, 0.2) is 0 Å². The largest absolute Gasteiger partial charge is 0.339 e. The van der Waals surface area contributed by atoms with Crippen molar-refractivity contribution in [1.82, 2.24) is 15.6 Å². The molecule has 158 valence electrons. The van der Waals surface area contributed by atoms with Gasteiger partial charge >= 0.3 is 0 Å². The highest BCUT2D eigenvalue weighted by molar-refractivity contribution is 6.00. The Morgan fingerprint density at radius 1 is 1.17 bits per heavy atom. The van der Waals surface area contributed by atoms with Gasteiger partial charge in [-0.1, -0.05) is 26.0 Å². The summed E-state index contributed by atoms with van der Waals surface area (Å²) in [5, 5.41) is 8.51. The normalized spacial score (nSPS) is 13.4. The molecular formula is C20H25Cl2FN4O2. The maximum atomic E-state index is 14.8. The van der Waals surface area contributed by atoms with E-state index >= 15 is 0 Å². The van der Waals surface area contributed by atoms with E-state index in [9.17, 15) is 14.0 Å². The summed E-state index contributed by atoms with van der Waals surface area (Å²) < 4.78 is 14.8. The topological polar surface area (TPSA) is 83.1 Å². The van der Waals surface area contributed by atoms with Crippen molar-refractivity contribution in [3.05, 3.63) is 59.2 Å². The third-order valence-corrected chi connectivity index (χ3v) is 4.60. The first-order chi connectivity index (χ1) is 13.0. The van der Waals surface area contributed by atoms with E-state index in [0.717, 1.165) is 5.56 Å². The quantitative estimate of drug-likeness (QED) is 0.664. The molecule has 2 aromatic rings. The number of anilines is 1. The zero-order valence-electron chi connectivity index (χ0n) is 16.2. The summed E-state index contributed by atoms with van der Waals surface area (Å²) >= 11 is 0. The molecule has 1 unspecified atom stereocenters. The number of aromatic nitrogens is 1. The van der Waals surface area contributed by atoms with Gasteiger partial charge in [-0.2, -0.15) is 0 Å². The molecule has 2 heterocycles. The third kappa shape index (κ3) is 5.88. The summed E-state index contributed by atoms with van der Waals surface area (Å²) in [5.41, 5.74) is 1.90. The van der Waals surface area contributed by atoms with E-state index in [1.54, 1.807) is 24.3 Å². The number of pyridine rings is 1. The molecule has 3 N–H and O–H groups in total. The number of rotatable bonds is 5. The first-order valence-electron chi connectivity index (χ1n) is 9.01. The van der Waals surface area contributed by atoms with Gasteiger partial charge in [0.1, 0.15) is 17.6 Å². The molecule has 9 heteroatoms. The zero-order chi connectivity index (χ0) is 19.4.